The van der Waals surface area contributed by atoms with E-state index in [1.807, 2.05) is 49.4 Å². The zero-order valence-electron chi connectivity index (χ0n) is 13.9. The van der Waals surface area contributed by atoms with Crippen molar-refractivity contribution in [3.8, 4) is 10.6 Å². The summed E-state index contributed by atoms with van der Waals surface area (Å²) in [4.78, 5) is 18.3. The summed E-state index contributed by atoms with van der Waals surface area (Å²) in [5, 5.41) is 3.81. The van der Waals surface area contributed by atoms with Gasteiger partial charge in [-0.3, -0.25) is 4.79 Å². The third-order valence-corrected chi connectivity index (χ3v) is 5.00. The number of benzene rings is 1. The lowest BCUT2D eigenvalue weighted by Gasteiger charge is -2.10. The second-order valence-corrected chi connectivity index (χ2v) is 7.20. The molecule has 0 aliphatic rings. The van der Waals surface area contributed by atoms with Gasteiger partial charge >= 0.3 is 0 Å². The standard InChI is InChI=1S/C19H19ClN2O2S/c1-2-24-11-5-10-21-19(23)14-12-16(17-8-9-18(20)25-17)22-15-7-4-3-6-13(14)15/h3-4,6-9,12H,2,5,10-11H2,1H3,(H,21,23). The molecule has 0 bridgehead atoms. The summed E-state index contributed by atoms with van der Waals surface area (Å²) in [5.41, 5.74) is 2.18. The molecule has 0 spiro atoms. The molecule has 0 radical (unpaired) electrons. The van der Waals surface area contributed by atoms with E-state index in [1.165, 1.54) is 11.3 Å². The van der Waals surface area contributed by atoms with Crippen LogP contribution in [0.3, 0.4) is 0 Å². The van der Waals surface area contributed by atoms with E-state index in [0.717, 1.165) is 27.9 Å². The van der Waals surface area contributed by atoms with E-state index in [1.54, 1.807) is 0 Å². The maximum Gasteiger partial charge on any atom is 0.252 e. The lowest BCUT2D eigenvalue weighted by molar-refractivity contribution is 0.0946. The van der Waals surface area contributed by atoms with Crippen LogP contribution in [0.15, 0.2) is 42.5 Å². The van der Waals surface area contributed by atoms with Crippen LogP contribution in [0.4, 0.5) is 0 Å². The van der Waals surface area contributed by atoms with E-state index in [-0.39, 0.29) is 5.91 Å². The fraction of sp³-hybridized carbons (Fsp3) is 0.263. The van der Waals surface area contributed by atoms with Gasteiger partial charge in [-0.25, -0.2) is 4.98 Å². The second-order valence-electron chi connectivity index (χ2n) is 5.48. The molecule has 2 aromatic heterocycles. The third kappa shape index (κ3) is 4.37. The first kappa shape index (κ1) is 17.9. The molecule has 0 atom stereocenters. The second kappa shape index (κ2) is 8.43. The third-order valence-electron chi connectivity index (χ3n) is 3.74. The number of hydrogen-bond acceptors (Lipinski definition) is 4. The molecule has 6 heteroatoms. The molecular weight excluding hydrogens is 356 g/mol. The van der Waals surface area contributed by atoms with Crippen molar-refractivity contribution in [2.75, 3.05) is 19.8 Å². The Balaban J connectivity index is 1.88. The molecular formula is C19H19ClN2O2S. The van der Waals surface area contributed by atoms with Gasteiger partial charge in [-0.05, 0) is 37.6 Å². The number of thiophene rings is 1. The molecule has 1 N–H and O–H groups in total. The fourth-order valence-corrected chi connectivity index (χ4v) is 3.56. The number of nitrogens with one attached hydrogen (secondary N) is 1. The van der Waals surface area contributed by atoms with Crippen LogP contribution in [-0.4, -0.2) is 30.6 Å². The molecule has 130 valence electrons. The molecule has 25 heavy (non-hydrogen) atoms. The number of pyridine rings is 1. The van der Waals surface area contributed by atoms with E-state index < -0.39 is 0 Å². The predicted octanol–water partition coefficient (Wildman–Crippen LogP) is 4.77. The average Bonchev–Trinajstić information content (AvgIpc) is 3.07. The summed E-state index contributed by atoms with van der Waals surface area (Å²) in [5.74, 6) is -0.0981. The van der Waals surface area contributed by atoms with Crippen molar-refractivity contribution in [1.29, 1.82) is 0 Å². The number of rotatable bonds is 7. The number of carbonyl (C=O) groups excluding carboxylic acids is 1. The zero-order chi connectivity index (χ0) is 17.6. The van der Waals surface area contributed by atoms with Crippen molar-refractivity contribution >= 4 is 39.7 Å². The predicted molar refractivity (Wildman–Crippen MR) is 104 cm³/mol. The molecule has 1 aromatic carbocycles. The van der Waals surface area contributed by atoms with Crippen molar-refractivity contribution < 1.29 is 9.53 Å². The van der Waals surface area contributed by atoms with Crippen LogP contribution in [0.25, 0.3) is 21.5 Å². The van der Waals surface area contributed by atoms with Gasteiger partial charge in [0.15, 0.2) is 0 Å². The number of amides is 1. The van der Waals surface area contributed by atoms with Crippen molar-refractivity contribution in [1.82, 2.24) is 10.3 Å². The summed E-state index contributed by atoms with van der Waals surface area (Å²) in [6.45, 7) is 3.87. The topological polar surface area (TPSA) is 51.2 Å². The Hall–Kier alpha value is -1.95. The molecule has 1 amide bonds. The van der Waals surface area contributed by atoms with Crippen LogP contribution >= 0.6 is 22.9 Å². The summed E-state index contributed by atoms with van der Waals surface area (Å²) in [6, 6.07) is 13.3. The van der Waals surface area contributed by atoms with Crippen LogP contribution < -0.4 is 5.32 Å². The fourth-order valence-electron chi connectivity index (χ4n) is 2.56. The molecule has 3 rings (SSSR count). The first-order valence-electron chi connectivity index (χ1n) is 8.20. The number of nitrogens with zero attached hydrogens (tertiary/aromatic N) is 1. The number of halogens is 1. The highest BCUT2D eigenvalue weighted by Crippen LogP contribution is 2.32. The van der Waals surface area contributed by atoms with Gasteiger partial charge in [-0.15, -0.1) is 11.3 Å². The molecule has 0 aliphatic carbocycles. The number of fused-ring (bicyclic) bond motifs is 1. The smallest absolute Gasteiger partial charge is 0.252 e. The van der Waals surface area contributed by atoms with Gasteiger partial charge in [-0.1, -0.05) is 29.8 Å². The maximum atomic E-state index is 12.7. The van der Waals surface area contributed by atoms with E-state index >= 15 is 0 Å². The molecule has 0 fully saturated rings. The highest BCUT2D eigenvalue weighted by molar-refractivity contribution is 7.19. The van der Waals surface area contributed by atoms with Gasteiger partial charge in [0.25, 0.3) is 5.91 Å². The van der Waals surface area contributed by atoms with Gasteiger partial charge in [0.1, 0.15) is 0 Å². The van der Waals surface area contributed by atoms with Crippen molar-refractivity contribution in [3.05, 3.63) is 52.4 Å². The highest BCUT2D eigenvalue weighted by Gasteiger charge is 2.14. The Bertz CT molecular complexity index is 879. The Labute approximate surface area is 155 Å². The lowest BCUT2D eigenvalue weighted by atomic mass is 10.1. The largest absolute Gasteiger partial charge is 0.382 e. The first-order chi connectivity index (χ1) is 12.2. The van der Waals surface area contributed by atoms with Crippen molar-refractivity contribution in [3.63, 3.8) is 0 Å². The van der Waals surface area contributed by atoms with Crippen molar-refractivity contribution in [2.45, 2.75) is 13.3 Å². The molecule has 0 saturated heterocycles. The van der Waals surface area contributed by atoms with Crippen LogP contribution in [0, 0.1) is 0 Å². The Morgan fingerprint density at radius 3 is 2.88 bits per heavy atom. The van der Waals surface area contributed by atoms with Crippen LogP contribution in [0.1, 0.15) is 23.7 Å². The molecule has 4 nitrogen and oxygen atoms in total. The van der Waals surface area contributed by atoms with Crippen molar-refractivity contribution in [2.24, 2.45) is 0 Å². The Morgan fingerprint density at radius 1 is 1.28 bits per heavy atom. The molecule has 2 heterocycles. The molecule has 0 aliphatic heterocycles. The monoisotopic (exact) mass is 374 g/mol. The van der Waals surface area contributed by atoms with E-state index in [2.05, 4.69) is 10.3 Å². The Kier molecular flexibility index (Phi) is 6.02. The summed E-state index contributed by atoms with van der Waals surface area (Å²) < 4.78 is 6.00. The molecule has 3 aromatic rings. The minimum absolute atomic E-state index is 0.0981. The minimum Gasteiger partial charge on any atom is -0.382 e. The van der Waals surface area contributed by atoms with Gasteiger partial charge < -0.3 is 10.1 Å². The van der Waals surface area contributed by atoms with Crippen LogP contribution in [0.5, 0.6) is 0 Å². The highest BCUT2D eigenvalue weighted by atomic mass is 35.5. The molecule has 0 saturated carbocycles. The lowest BCUT2D eigenvalue weighted by Crippen LogP contribution is -2.25. The van der Waals surface area contributed by atoms with E-state index in [4.69, 9.17) is 16.3 Å². The van der Waals surface area contributed by atoms with Gasteiger partial charge in [-0.2, -0.15) is 0 Å². The minimum atomic E-state index is -0.0981. The van der Waals surface area contributed by atoms with E-state index in [0.29, 0.717) is 29.7 Å². The van der Waals surface area contributed by atoms with Gasteiger partial charge in [0.2, 0.25) is 0 Å². The van der Waals surface area contributed by atoms with Gasteiger partial charge in [0.05, 0.1) is 26.0 Å². The number of para-hydroxylation sites is 1. The summed E-state index contributed by atoms with van der Waals surface area (Å²) >= 11 is 7.49. The number of hydrogen-bond donors (Lipinski definition) is 1. The number of ether oxygens (including phenoxy) is 1. The quantitative estimate of drug-likeness (QED) is 0.606. The van der Waals surface area contributed by atoms with Crippen LogP contribution in [0.2, 0.25) is 4.34 Å². The zero-order valence-corrected chi connectivity index (χ0v) is 15.5. The SMILES string of the molecule is CCOCCCNC(=O)c1cc(-c2ccc(Cl)s2)nc2ccccc12. The Morgan fingerprint density at radius 2 is 2.12 bits per heavy atom. The van der Waals surface area contributed by atoms with Crippen LogP contribution in [-0.2, 0) is 4.74 Å². The van der Waals surface area contributed by atoms with E-state index in [9.17, 15) is 4.79 Å². The van der Waals surface area contributed by atoms with Gasteiger partial charge in [0, 0.05) is 25.1 Å². The average molecular weight is 375 g/mol. The first-order valence-corrected chi connectivity index (χ1v) is 9.40. The summed E-state index contributed by atoms with van der Waals surface area (Å²) in [6.07, 6.45) is 0.788. The normalized spacial score (nSPS) is 11.0. The number of aromatic nitrogens is 1. The summed E-state index contributed by atoms with van der Waals surface area (Å²) in [7, 11) is 0. The number of carbonyl (C=O) groups is 1. The maximum absolute atomic E-state index is 12.7. The molecule has 0 unspecified atom stereocenters.